The van der Waals surface area contributed by atoms with Gasteiger partial charge in [0.2, 0.25) is 12.3 Å². The van der Waals surface area contributed by atoms with Crippen molar-refractivity contribution in [1.82, 2.24) is 9.88 Å². The summed E-state index contributed by atoms with van der Waals surface area (Å²) in [5.41, 5.74) is 0.873. The van der Waals surface area contributed by atoms with Crippen molar-refractivity contribution in [3.05, 3.63) is 53.7 Å². The molecule has 0 bridgehead atoms. The number of alkyl halides is 3. The molecular weight excluding hydrogens is 347 g/mol. The largest absolute Gasteiger partial charge is 0.481 e. The molecule has 0 N–H and O–H groups in total. The molecule has 1 fully saturated rings. The van der Waals surface area contributed by atoms with E-state index >= 15 is 0 Å². The summed E-state index contributed by atoms with van der Waals surface area (Å²) in [6.45, 7) is 1.49. The van der Waals surface area contributed by atoms with Gasteiger partial charge < -0.3 is 14.5 Å². The van der Waals surface area contributed by atoms with Crippen LogP contribution in [0.5, 0.6) is 5.88 Å². The number of hydrogen-bond donors (Lipinski definition) is 0. The van der Waals surface area contributed by atoms with E-state index in [9.17, 15) is 18.0 Å². The quantitative estimate of drug-likeness (QED) is 0.781. The smallest absolute Gasteiger partial charge is 0.416 e. The van der Waals surface area contributed by atoms with Crippen LogP contribution in [-0.4, -0.2) is 43.0 Å². The Kier molecular flexibility index (Phi) is 5.01. The molecule has 1 aliphatic rings. The molecule has 0 spiro atoms. The van der Waals surface area contributed by atoms with Crippen molar-refractivity contribution < 1.29 is 22.7 Å². The molecule has 1 aromatic heterocycles. The van der Waals surface area contributed by atoms with Gasteiger partial charge in [0.1, 0.15) is 0 Å². The van der Waals surface area contributed by atoms with Crippen LogP contribution in [0, 0.1) is 0 Å². The van der Waals surface area contributed by atoms with Crippen LogP contribution >= 0.6 is 0 Å². The maximum absolute atomic E-state index is 12.7. The molecule has 5 nitrogen and oxygen atoms in total. The number of piperazine rings is 1. The van der Waals surface area contributed by atoms with Gasteiger partial charge in [-0.3, -0.25) is 4.79 Å². The van der Waals surface area contributed by atoms with Gasteiger partial charge in [0.25, 0.3) is 0 Å². The third kappa shape index (κ3) is 3.74. The van der Waals surface area contributed by atoms with Crippen molar-refractivity contribution in [2.75, 3.05) is 31.6 Å². The van der Waals surface area contributed by atoms with E-state index in [1.54, 1.807) is 23.2 Å². The first-order chi connectivity index (χ1) is 12.4. The lowest BCUT2D eigenvalue weighted by Gasteiger charge is -2.41. The fourth-order valence-corrected chi connectivity index (χ4v) is 3.06. The maximum atomic E-state index is 12.7. The minimum absolute atomic E-state index is 0.236. The zero-order valence-corrected chi connectivity index (χ0v) is 14.1. The summed E-state index contributed by atoms with van der Waals surface area (Å²) in [6.07, 6.45) is -1.96. The van der Waals surface area contributed by atoms with Crippen LogP contribution in [-0.2, 0) is 11.0 Å². The van der Waals surface area contributed by atoms with Gasteiger partial charge in [-0.05, 0) is 35.9 Å². The van der Waals surface area contributed by atoms with Crippen molar-refractivity contribution in [1.29, 1.82) is 0 Å². The number of halogens is 3. The molecule has 1 aromatic carbocycles. The molecule has 2 aromatic rings. The first-order valence-electron chi connectivity index (χ1n) is 8.05. The number of carbonyl (C=O) groups is 1. The SMILES string of the molecule is COc1cc(C2CN(c3ccc(C(F)(F)F)cc3)CCN2C=O)ccn1. The van der Waals surface area contributed by atoms with Crippen LogP contribution in [0.2, 0.25) is 0 Å². The fraction of sp³-hybridized carbons (Fsp3) is 0.333. The summed E-state index contributed by atoms with van der Waals surface area (Å²) in [6, 6.07) is 8.41. The second-order valence-electron chi connectivity index (χ2n) is 5.98. The third-order valence-electron chi connectivity index (χ3n) is 4.47. The van der Waals surface area contributed by atoms with Gasteiger partial charge >= 0.3 is 6.18 Å². The highest BCUT2D eigenvalue weighted by molar-refractivity contribution is 5.54. The highest BCUT2D eigenvalue weighted by Crippen LogP contribution is 2.32. The Balaban J connectivity index is 1.83. The molecule has 1 amide bonds. The summed E-state index contributed by atoms with van der Waals surface area (Å²) >= 11 is 0. The lowest BCUT2D eigenvalue weighted by atomic mass is 10.0. The van der Waals surface area contributed by atoms with Gasteiger partial charge in [-0.1, -0.05) is 0 Å². The average molecular weight is 365 g/mol. The minimum Gasteiger partial charge on any atom is -0.481 e. The molecule has 1 unspecified atom stereocenters. The zero-order chi connectivity index (χ0) is 18.7. The predicted octanol–water partition coefficient (Wildman–Crippen LogP) is 3.13. The number of methoxy groups -OCH3 is 1. The summed E-state index contributed by atoms with van der Waals surface area (Å²) in [5.74, 6) is 0.444. The predicted molar refractivity (Wildman–Crippen MR) is 90.0 cm³/mol. The number of pyridine rings is 1. The maximum Gasteiger partial charge on any atom is 0.416 e. The number of aromatic nitrogens is 1. The number of amides is 1. The van der Waals surface area contributed by atoms with Crippen LogP contribution in [0.3, 0.4) is 0 Å². The van der Waals surface area contributed by atoms with Crippen molar-refractivity contribution >= 4 is 12.1 Å². The lowest BCUT2D eigenvalue weighted by Crippen LogP contribution is -2.47. The Bertz CT molecular complexity index is 765. The first-order valence-corrected chi connectivity index (χ1v) is 8.05. The molecule has 1 atom stereocenters. The Hall–Kier alpha value is -2.77. The first kappa shape index (κ1) is 18.0. The second kappa shape index (κ2) is 7.23. The van der Waals surface area contributed by atoms with Crippen LogP contribution in [0.15, 0.2) is 42.6 Å². The molecule has 0 aliphatic carbocycles. The van der Waals surface area contributed by atoms with Crippen LogP contribution in [0.25, 0.3) is 0 Å². The van der Waals surface area contributed by atoms with Gasteiger partial charge in [0.15, 0.2) is 0 Å². The molecule has 1 saturated heterocycles. The van der Waals surface area contributed by atoms with Crippen LogP contribution in [0.4, 0.5) is 18.9 Å². The Labute approximate surface area is 149 Å². The average Bonchev–Trinajstić information content (AvgIpc) is 2.67. The summed E-state index contributed by atoms with van der Waals surface area (Å²) in [5, 5.41) is 0. The van der Waals surface area contributed by atoms with E-state index in [1.807, 2.05) is 4.90 Å². The standard InChI is InChI=1S/C18H18F3N3O2/c1-26-17-10-13(6-7-22-17)16-11-23(8-9-24(16)12-25)15-4-2-14(3-5-15)18(19,20)21/h2-7,10,12,16H,8-9,11H2,1H3. The van der Waals surface area contributed by atoms with Crippen molar-refractivity contribution in [2.45, 2.75) is 12.2 Å². The fourth-order valence-electron chi connectivity index (χ4n) is 3.06. The summed E-state index contributed by atoms with van der Waals surface area (Å²) in [4.78, 5) is 19.1. The summed E-state index contributed by atoms with van der Waals surface area (Å²) < 4.78 is 43.3. The molecule has 2 heterocycles. The Morgan fingerprint density at radius 2 is 1.92 bits per heavy atom. The topological polar surface area (TPSA) is 45.7 Å². The number of nitrogens with zero attached hydrogens (tertiary/aromatic N) is 3. The van der Waals surface area contributed by atoms with E-state index in [-0.39, 0.29) is 6.04 Å². The number of anilines is 1. The van der Waals surface area contributed by atoms with E-state index in [1.165, 1.54) is 19.2 Å². The van der Waals surface area contributed by atoms with Crippen LogP contribution in [0.1, 0.15) is 17.2 Å². The number of hydrogen-bond acceptors (Lipinski definition) is 4. The van der Waals surface area contributed by atoms with E-state index in [2.05, 4.69) is 4.98 Å². The molecule has 1 aliphatic heterocycles. The van der Waals surface area contributed by atoms with E-state index in [0.29, 0.717) is 31.2 Å². The van der Waals surface area contributed by atoms with Gasteiger partial charge in [0.05, 0.1) is 18.7 Å². The van der Waals surface area contributed by atoms with Gasteiger partial charge in [-0.2, -0.15) is 13.2 Å². The third-order valence-corrected chi connectivity index (χ3v) is 4.47. The second-order valence-corrected chi connectivity index (χ2v) is 5.98. The summed E-state index contributed by atoms with van der Waals surface area (Å²) in [7, 11) is 1.51. The van der Waals surface area contributed by atoms with E-state index < -0.39 is 11.7 Å². The zero-order valence-electron chi connectivity index (χ0n) is 14.1. The molecule has 0 saturated carbocycles. The van der Waals surface area contributed by atoms with Crippen LogP contribution < -0.4 is 9.64 Å². The molecule has 8 heteroatoms. The number of benzene rings is 1. The normalized spacial score (nSPS) is 17.9. The highest BCUT2D eigenvalue weighted by atomic mass is 19.4. The van der Waals surface area contributed by atoms with Gasteiger partial charge in [-0.25, -0.2) is 4.98 Å². The van der Waals surface area contributed by atoms with E-state index in [0.717, 1.165) is 24.1 Å². The van der Waals surface area contributed by atoms with Gasteiger partial charge in [-0.15, -0.1) is 0 Å². The van der Waals surface area contributed by atoms with Crippen molar-refractivity contribution in [3.8, 4) is 5.88 Å². The Morgan fingerprint density at radius 1 is 1.19 bits per heavy atom. The molecule has 0 radical (unpaired) electrons. The van der Waals surface area contributed by atoms with E-state index in [4.69, 9.17) is 4.74 Å². The number of ether oxygens (including phenoxy) is 1. The van der Waals surface area contributed by atoms with Gasteiger partial charge in [0, 0.05) is 37.6 Å². The minimum atomic E-state index is -4.36. The molecule has 3 rings (SSSR count). The number of rotatable bonds is 4. The Morgan fingerprint density at radius 3 is 2.54 bits per heavy atom. The number of carbonyl (C=O) groups excluding carboxylic acids is 1. The molecule has 26 heavy (non-hydrogen) atoms. The monoisotopic (exact) mass is 365 g/mol. The highest BCUT2D eigenvalue weighted by Gasteiger charge is 2.31. The molecular formula is C18H18F3N3O2. The lowest BCUT2D eigenvalue weighted by molar-refractivity contribution is -0.137. The van der Waals surface area contributed by atoms with Crippen molar-refractivity contribution in [2.24, 2.45) is 0 Å². The molecule has 138 valence electrons. The van der Waals surface area contributed by atoms with Crippen molar-refractivity contribution in [3.63, 3.8) is 0 Å².